The minimum Gasteiger partial charge on any atom is -0.465 e. The van der Waals surface area contributed by atoms with Gasteiger partial charge in [0, 0.05) is 11.8 Å². The van der Waals surface area contributed by atoms with E-state index in [-0.39, 0.29) is 46.8 Å². The lowest BCUT2D eigenvalue weighted by Gasteiger charge is -2.72. The normalized spacial score (nSPS) is 44.5. The van der Waals surface area contributed by atoms with Gasteiger partial charge in [-0.1, -0.05) is 46.8 Å². The number of allylic oxidation sites excluding steroid dienone is 1. The maximum absolute atomic E-state index is 14.0. The average molecular weight is 572 g/mol. The molecule has 0 aromatic heterocycles. The van der Waals surface area contributed by atoms with Crippen LogP contribution in [0, 0.1) is 66.8 Å². The molecule has 7 nitrogen and oxygen atoms in total. The highest BCUT2D eigenvalue weighted by molar-refractivity contribution is 5.85. The zero-order valence-electron chi connectivity index (χ0n) is 26.4. The first kappa shape index (κ1) is 30.5. The Morgan fingerprint density at radius 1 is 0.927 bits per heavy atom. The van der Waals surface area contributed by atoms with E-state index in [0.29, 0.717) is 48.7 Å². The van der Waals surface area contributed by atoms with Gasteiger partial charge in [0.1, 0.15) is 5.78 Å². The van der Waals surface area contributed by atoms with Crippen LogP contribution >= 0.6 is 0 Å². The van der Waals surface area contributed by atoms with Gasteiger partial charge in [-0.05, 0) is 123 Å². The van der Waals surface area contributed by atoms with Gasteiger partial charge in [0.25, 0.3) is 5.09 Å². The van der Waals surface area contributed by atoms with E-state index in [9.17, 15) is 19.7 Å². The van der Waals surface area contributed by atoms with Gasteiger partial charge in [0.15, 0.2) is 0 Å². The summed E-state index contributed by atoms with van der Waals surface area (Å²) in [6.07, 6.45) is 11.1. The number of Topliss-reactive ketones (excluding diaryl/α,β-unsaturated/α-hetero) is 1. The first-order valence-corrected chi connectivity index (χ1v) is 16.3. The van der Waals surface area contributed by atoms with E-state index >= 15 is 0 Å². The molecule has 9 atom stereocenters. The summed E-state index contributed by atoms with van der Waals surface area (Å²) in [6.45, 7) is 19.0. The van der Waals surface area contributed by atoms with Crippen molar-refractivity contribution >= 4 is 11.8 Å². The summed E-state index contributed by atoms with van der Waals surface area (Å²) in [5, 5.41) is 9.64. The smallest absolute Gasteiger partial charge is 0.312 e. The quantitative estimate of drug-likeness (QED) is 0.0972. The van der Waals surface area contributed by atoms with Crippen LogP contribution in [0.15, 0.2) is 12.2 Å². The average Bonchev–Trinajstić information content (AvgIpc) is 3.30. The number of ether oxygens (including phenoxy) is 1. The van der Waals surface area contributed by atoms with Crippen molar-refractivity contribution in [3.8, 4) is 0 Å². The molecule has 0 N–H and O–H groups in total. The summed E-state index contributed by atoms with van der Waals surface area (Å²) in [6, 6.07) is 0. The van der Waals surface area contributed by atoms with Gasteiger partial charge in [-0.25, -0.2) is 0 Å². The van der Waals surface area contributed by atoms with Gasteiger partial charge in [0.05, 0.1) is 18.6 Å². The fraction of sp³-hybridized carbons (Fsp3) is 0.882. The van der Waals surface area contributed by atoms with Crippen molar-refractivity contribution in [3.05, 3.63) is 22.3 Å². The summed E-state index contributed by atoms with van der Waals surface area (Å²) in [5.74, 6) is 2.45. The molecule has 0 radical (unpaired) electrons. The Hall–Kier alpha value is -1.92. The predicted molar refractivity (Wildman–Crippen MR) is 157 cm³/mol. The highest BCUT2D eigenvalue weighted by atomic mass is 16.9. The molecule has 0 aromatic rings. The molecule has 5 saturated carbocycles. The van der Waals surface area contributed by atoms with Crippen LogP contribution in [0.5, 0.6) is 0 Å². The molecule has 5 aliphatic rings. The van der Waals surface area contributed by atoms with E-state index < -0.39 is 10.5 Å². The van der Waals surface area contributed by atoms with Gasteiger partial charge in [0.2, 0.25) is 0 Å². The first-order chi connectivity index (χ1) is 19.1. The summed E-state index contributed by atoms with van der Waals surface area (Å²) < 4.78 is 5.96. The summed E-state index contributed by atoms with van der Waals surface area (Å²) in [4.78, 5) is 41.8. The van der Waals surface area contributed by atoms with Crippen LogP contribution in [0.1, 0.15) is 119 Å². The molecular formula is C34H53NO6. The molecule has 41 heavy (non-hydrogen) atoms. The maximum Gasteiger partial charge on any atom is 0.312 e. The van der Waals surface area contributed by atoms with Crippen molar-refractivity contribution < 1.29 is 24.3 Å². The number of hydrogen-bond acceptors (Lipinski definition) is 6. The zero-order valence-corrected chi connectivity index (χ0v) is 26.4. The Balaban J connectivity index is 1.41. The summed E-state index contributed by atoms with van der Waals surface area (Å²) in [7, 11) is 0. The molecule has 0 saturated heterocycles. The number of nitrogens with zero attached hydrogens (tertiary/aromatic N) is 1. The van der Waals surface area contributed by atoms with Gasteiger partial charge >= 0.3 is 5.97 Å². The third-order valence-corrected chi connectivity index (χ3v) is 14.2. The molecule has 5 fully saturated rings. The Morgan fingerprint density at radius 2 is 1.63 bits per heavy atom. The van der Waals surface area contributed by atoms with Crippen molar-refractivity contribution in [3.63, 3.8) is 0 Å². The Morgan fingerprint density at radius 3 is 2.32 bits per heavy atom. The molecule has 0 aromatic carbocycles. The standard InChI is InChI=1S/C34H53NO6/c1-22(2)23-12-17-34(29(37)40-20-8-9-21-41-35(38)39)19-18-32(6)24(28(23)34)10-11-26-31(5)15-14-27(36)30(3,4)25(31)13-16-33(26,32)7/h23-26,28H,1,8-21H2,2-7H3/t23-,24+,25-,26+,28+,31-,32+,33+,34-/m0/s1. The zero-order chi connectivity index (χ0) is 30.0. The molecule has 5 rings (SSSR count). The lowest BCUT2D eigenvalue weighted by molar-refractivity contribution is -0.757. The van der Waals surface area contributed by atoms with E-state index in [1.54, 1.807) is 0 Å². The van der Waals surface area contributed by atoms with Gasteiger partial charge in [-0.15, -0.1) is 10.1 Å². The number of ketones is 1. The van der Waals surface area contributed by atoms with Crippen molar-refractivity contribution in [2.24, 2.45) is 56.7 Å². The lowest BCUT2D eigenvalue weighted by Crippen LogP contribution is -2.66. The molecule has 5 aliphatic carbocycles. The Labute approximate surface area is 246 Å². The number of rotatable bonds is 8. The number of fused-ring (bicyclic) bond motifs is 7. The van der Waals surface area contributed by atoms with Crippen molar-refractivity contribution in [1.29, 1.82) is 0 Å². The van der Waals surface area contributed by atoms with Crippen molar-refractivity contribution in [1.82, 2.24) is 0 Å². The topological polar surface area (TPSA) is 95.7 Å². The van der Waals surface area contributed by atoms with E-state index in [2.05, 4.69) is 53.0 Å². The number of hydrogen-bond donors (Lipinski definition) is 0. The summed E-state index contributed by atoms with van der Waals surface area (Å²) >= 11 is 0. The molecule has 0 aliphatic heterocycles. The second kappa shape index (κ2) is 10.4. The minimum atomic E-state index is -0.776. The van der Waals surface area contributed by atoms with Gasteiger partial charge in [-0.2, -0.15) is 0 Å². The third-order valence-electron chi connectivity index (χ3n) is 14.2. The fourth-order valence-corrected chi connectivity index (χ4v) is 11.9. The second-order valence-corrected chi connectivity index (χ2v) is 15.9. The number of esters is 1. The van der Waals surface area contributed by atoms with E-state index in [1.165, 1.54) is 12.0 Å². The van der Waals surface area contributed by atoms with Crippen LogP contribution in [0.25, 0.3) is 0 Å². The Kier molecular flexibility index (Phi) is 7.72. The molecule has 0 spiro atoms. The third kappa shape index (κ3) is 4.41. The molecule has 0 amide bonds. The predicted octanol–water partition coefficient (Wildman–Crippen LogP) is 7.74. The minimum absolute atomic E-state index is 0.0291. The van der Waals surface area contributed by atoms with Crippen molar-refractivity contribution in [2.75, 3.05) is 13.2 Å². The molecular weight excluding hydrogens is 518 g/mol. The molecule has 230 valence electrons. The molecule has 0 unspecified atom stereocenters. The Bertz CT molecular complexity index is 1100. The van der Waals surface area contributed by atoms with Crippen LogP contribution < -0.4 is 0 Å². The monoisotopic (exact) mass is 571 g/mol. The van der Waals surface area contributed by atoms with Crippen LogP contribution in [0.3, 0.4) is 0 Å². The highest BCUT2D eigenvalue weighted by Crippen LogP contribution is 2.77. The van der Waals surface area contributed by atoms with Crippen molar-refractivity contribution in [2.45, 2.75) is 119 Å². The first-order valence-electron chi connectivity index (χ1n) is 16.3. The van der Waals surface area contributed by atoms with E-state index in [1.807, 2.05) is 0 Å². The summed E-state index contributed by atoms with van der Waals surface area (Å²) in [5.41, 5.74) is 0.961. The lowest BCUT2D eigenvalue weighted by atomic mass is 9.32. The van der Waals surface area contributed by atoms with Crippen LogP contribution in [0.4, 0.5) is 0 Å². The SMILES string of the molecule is C=C(C)[C@@H]1CC[C@]2(C(=O)OCCCCO[N+](=O)[O-])CC[C@]3(C)[C@H](CC[C@@H]4[C@@]5(C)CCC(=O)C(C)(C)[C@@H]5CC[C@]43C)[C@@H]12. The van der Waals surface area contributed by atoms with Crippen LogP contribution in [-0.2, 0) is 19.2 Å². The van der Waals surface area contributed by atoms with Gasteiger partial charge in [-0.3, -0.25) is 9.59 Å². The molecule has 0 heterocycles. The van der Waals surface area contributed by atoms with E-state index in [4.69, 9.17) is 4.74 Å². The number of carbonyl (C=O) groups excluding carboxylic acids is 2. The molecule has 0 bridgehead atoms. The molecule has 7 heteroatoms. The second-order valence-electron chi connectivity index (χ2n) is 15.9. The highest BCUT2D eigenvalue weighted by Gasteiger charge is 2.72. The van der Waals surface area contributed by atoms with Gasteiger partial charge < -0.3 is 9.57 Å². The number of carbonyl (C=O) groups is 2. The largest absolute Gasteiger partial charge is 0.465 e. The van der Waals surface area contributed by atoms with Crippen LogP contribution in [-0.4, -0.2) is 30.1 Å². The van der Waals surface area contributed by atoms with Crippen LogP contribution in [0.2, 0.25) is 0 Å². The number of unbranched alkanes of at least 4 members (excludes halogenated alkanes) is 1. The maximum atomic E-state index is 14.0. The fourth-order valence-electron chi connectivity index (χ4n) is 11.9. The van der Waals surface area contributed by atoms with E-state index in [0.717, 1.165) is 51.4 Å².